The number of hydrogen-bond donors (Lipinski definition) is 1. The molecule has 2 heterocycles. The second-order valence-electron chi connectivity index (χ2n) is 9.17. The fraction of sp³-hybridized carbons (Fsp3) is 0.500. The van der Waals surface area contributed by atoms with Crippen LogP contribution >= 0.6 is 11.8 Å². The van der Waals surface area contributed by atoms with E-state index in [0.29, 0.717) is 6.54 Å². The topological polar surface area (TPSA) is 67.8 Å². The summed E-state index contributed by atoms with van der Waals surface area (Å²) in [5.74, 6) is -0.656. The molecule has 1 N–H and O–H groups in total. The molecule has 4 unspecified atom stereocenters. The molecule has 4 aliphatic rings. The number of ether oxygens (including phenoxy) is 1. The lowest BCUT2D eigenvalue weighted by Crippen LogP contribution is -2.49. The van der Waals surface area contributed by atoms with Crippen LogP contribution in [0.5, 0.6) is 0 Å². The second kappa shape index (κ2) is 9.26. The Morgan fingerprint density at radius 2 is 1.91 bits per heavy atom. The maximum atomic E-state index is 13.6. The van der Waals surface area contributed by atoms with Gasteiger partial charge in [-0.05, 0) is 36.8 Å². The van der Waals surface area contributed by atoms with Gasteiger partial charge in [0, 0.05) is 12.6 Å². The van der Waals surface area contributed by atoms with E-state index in [1.807, 2.05) is 48.6 Å². The second-order valence-corrected chi connectivity index (χ2v) is 10.6. The zero-order valence-electron chi connectivity index (χ0n) is 18.2. The average Bonchev–Trinajstić information content (AvgIpc) is 3.18. The van der Waals surface area contributed by atoms with Crippen LogP contribution in [0.25, 0.3) is 0 Å². The maximum Gasteiger partial charge on any atom is 0.320 e. The molecule has 6 heteroatoms. The zero-order chi connectivity index (χ0) is 22.0. The predicted octanol–water partition coefficient (Wildman–Crippen LogP) is 4.24. The summed E-state index contributed by atoms with van der Waals surface area (Å²) >= 11 is 1.56. The fourth-order valence-electron chi connectivity index (χ4n) is 5.59. The van der Waals surface area contributed by atoms with Gasteiger partial charge in [-0.2, -0.15) is 0 Å². The number of esters is 1. The number of rotatable bonds is 5. The molecule has 1 saturated carbocycles. The number of nitrogens with one attached hydrogen (secondary N) is 1. The van der Waals surface area contributed by atoms with Crippen LogP contribution in [0.2, 0.25) is 0 Å². The average molecular weight is 451 g/mol. The first-order valence-corrected chi connectivity index (χ1v) is 12.6. The molecule has 5 nitrogen and oxygen atoms in total. The third kappa shape index (κ3) is 4.05. The summed E-state index contributed by atoms with van der Waals surface area (Å²) in [5, 5.41) is 2.77. The third-order valence-corrected chi connectivity index (χ3v) is 8.95. The number of benzene rings is 1. The molecule has 0 bridgehead atoms. The van der Waals surface area contributed by atoms with Crippen molar-refractivity contribution in [2.45, 2.75) is 61.2 Å². The number of nitrogens with zero attached hydrogens (tertiary/aromatic N) is 1. The molecule has 32 heavy (non-hydrogen) atoms. The molecular weight excluding hydrogens is 420 g/mol. The Morgan fingerprint density at radius 1 is 1.09 bits per heavy atom. The summed E-state index contributed by atoms with van der Waals surface area (Å²) in [6, 6.07) is 9.92. The van der Waals surface area contributed by atoms with Gasteiger partial charge < -0.3 is 10.1 Å². The summed E-state index contributed by atoms with van der Waals surface area (Å²) < 4.78 is 5.32. The van der Waals surface area contributed by atoms with E-state index in [-0.39, 0.29) is 30.4 Å². The number of amides is 1. The minimum Gasteiger partial charge on any atom is -0.460 e. The Balaban J connectivity index is 1.39. The van der Waals surface area contributed by atoms with Crippen molar-refractivity contribution in [3.63, 3.8) is 0 Å². The smallest absolute Gasteiger partial charge is 0.320 e. The van der Waals surface area contributed by atoms with Crippen LogP contribution in [0.3, 0.4) is 0 Å². The van der Waals surface area contributed by atoms with Crippen LogP contribution in [0.1, 0.15) is 44.1 Å². The Morgan fingerprint density at radius 3 is 2.72 bits per heavy atom. The maximum absolute atomic E-state index is 13.6. The van der Waals surface area contributed by atoms with E-state index in [4.69, 9.17) is 9.73 Å². The van der Waals surface area contributed by atoms with Gasteiger partial charge in [-0.15, -0.1) is 11.8 Å². The molecule has 1 spiro atoms. The van der Waals surface area contributed by atoms with Crippen LogP contribution in [-0.4, -0.2) is 40.2 Å². The van der Waals surface area contributed by atoms with Gasteiger partial charge in [0.25, 0.3) is 0 Å². The highest BCUT2D eigenvalue weighted by molar-refractivity contribution is 8.03. The van der Waals surface area contributed by atoms with Gasteiger partial charge in [-0.1, -0.05) is 67.8 Å². The van der Waals surface area contributed by atoms with Gasteiger partial charge in [0.05, 0.1) is 16.4 Å². The van der Waals surface area contributed by atoms with E-state index in [1.165, 1.54) is 6.42 Å². The van der Waals surface area contributed by atoms with E-state index >= 15 is 0 Å². The molecule has 4 atom stereocenters. The first-order valence-electron chi connectivity index (χ1n) is 11.8. The molecule has 2 aliphatic carbocycles. The highest BCUT2D eigenvalue weighted by Crippen LogP contribution is 2.57. The summed E-state index contributed by atoms with van der Waals surface area (Å²) in [6.45, 7) is 0.918. The molecule has 168 valence electrons. The molecule has 1 amide bonds. The summed E-state index contributed by atoms with van der Waals surface area (Å²) in [4.78, 5) is 31.7. The van der Waals surface area contributed by atoms with Crippen molar-refractivity contribution >= 4 is 29.4 Å². The molecule has 5 rings (SSSR count). The molecule has 2 fully saturated rings. The predicted molar refractivity (Wildman–Crippen MR) is 128 cm³/mol. The highest BCUT2D eigenvalue weighted by Gasteiger charge is 2.61. The summed E-state index contributed by atoms with van der Waals surface area (Å²) in [5.41, 5.74) is 1.93. The monoisotopic (exact) mass is 450 g/mol. The van der Waals surface area contributed by atoms with E-state index in [9.17, 15) is 9.59 Å². The molecule has 1 saturated heterocycles. The third-order valence-electron chi connectivity index (χ3n) is 7.17. The van der Waals surface area contributed by atoms with Crippen molar-refractivity contribution < 1.29 is 14.3 Å². The minimum atomic E-state index is -0.535. The number of aliphatic imine (C=N–C) groups is 1. The van der Waals surface area contributed by atoms with Gasteiger partial charge in [-0.25, -0.2) is 0 Å². The van der Waals surface area contributed by atoms with Gasteiger partial charge in [0.1, 0.15) is 11.9 Å². The molecule has 0 aromatic heterocycles. The van der Waals surface area contributed by atoms with Crippen LogP contribution in [0.4, 0.5) is 0 Å². The minimum absolute atomic E-state index is 0.0112. The SMILES string of the molecule is O=C(OCc1ccccc1)C1SC23C=CC=CC2=NCCC3C1C(=O)NC1CCCCC1. The molecule has 2 aliphatic heterocycles. The normalized spacial score (nSPS) is 31.4. The van der Waals surface area contributed by atoms with Gasteiger partial charge >= 0.3 is 5.97 Å². The summed E-state index contributed by atoms with van der Waals surface area (Å²) in [7, 11) is 0. The summed E-state index contributed by atoms with van der Waals surface area (Å²) in [6.07, 6.45) is 14.6. The van der Waals surface area contributed by atoms with Crippen molar-refractivity contribution in [3.8, 4) is 0 Å². The highest BCUT2D eigenvalue weighted by atomic mass is 32.2. The van der Waals surface area contributed by atoms with E-state index in [2.05, 4.69) is 11.4 Å². The first kappa shape index (κ1) is 21.5. The Kier molecular flexibility index (Phi) is 6.22. The van der Waals surface area contributed by atoms with Gasteiger partial charge in [0.15, 0.2) is 0 Å². The molecule has 0 radical (unpaired) electrons. The van der Waals surface area contributed by atoms with E-state index < -0.39 is 15.9 Å². The number of allylic oxidation sites excluding steroid dienone is 3. The fourth-order valence-corrected chi connectivity index (χ4v) is 7.48. The lowest BCUT2D eigenvalue weighted by Gasteiger charge is -2.38. The largest absolute Gasteiger partial charge is 0.460 e. The van der Waals surface area contributed by atoms with E-state index in [1.54, 1.807) is 11.8 Å². The Labute approximate surface area is 193 Å². The Bertz CT molecular complexity index is 951. The lowest BCUT2D eigenvalue weighted by atomic mass is 9.72. The standard InChI is InChI=1S/C26H30N2O3S/c29-24(28-19-11-5-2-6-12-19)22-20-14-16-27-21-13-7-8-15-26(20,21)32-23(22)25(30)31-17-18-9-3-1-4-10-18/h1,3-4,7-10,13,15,19-20,22-23H,2,5-6,11-12,14,16-17H2,(H,28,29). The van der Waals surface area contributed by atoms with Crippen molar-refractivity contribution in [2.24, 2.45) is 16.8 Å². The lowest BCUT2D eigenvalue weighted by molar-refractivity contribution is -0.147. The van der Waals surface area contributed by atoms with E-state index in [0.717, 1.165) is 43.4 Å². The number of carbonyl (C=O) groups excluding carboxylic acids is 2. The zero-order valence-corrected chi connectivity index (χ0v) is 19.1. The number of carbonyl (C=O) groups is 2. The van der Waals surface area contributed by atoms with Gasteiger partial charge in [-0.3, -0.25) is 14.6 Å². The van der Waals surface area contributed by atoms with Crippen LogP contribution in [0, 0.1) is 11.8 Å². The van der Waals surface area contributed by atoms with Crippen molar-refractivity contribution in [3.05, 3.63) is 60.2 Å². The van der Waals surface area contributed by atoms with Crippen molar-refractivity contribution in [1.29, 1.82) is 0 Å². The molecular formula is C26H30N2O3S. The van der Waals surface area contributed by atoms with Crippen molar-refractivity contribution in [1.82, 2.24) is 5.32 Å². The quantitative estimate of drug-likeness (QED) is 0.682. The first-order chi connectivity index (χ1) is 15.7. The van der Waals surface area contributed by atoms with Crippen molar-refractivity contribution in [2.75, 3.05) is 6.54 Å². The van der Waals surface area contributed by atoms with Crippen LogP contribution in [0.15, 0.2) is 59.6 Å². The molecule has 1 aromatic carbocycles. The number of hydrogen-bond acceptors (Lipinski definition) is 5. The van der Waals surface area contributed by atoms with Gasteiger partial charge in [0.2, 0.25) is 5.91 Å². The van der Waals surface area contributed by atoms with Crippen LogP contribution < -0.4 is 5.32 Å². The Hall–Kier alpha value is -2.34. The van der Waals surface area contributed by atoms with Crippen LogP contribution in [-0.2, 0) is 20.9 Å². The number of thioether (sulfide) groups is 1. The molecule has 1 aromatic rings.